The maximum Gasteiger partial charge on any atom is 0.338 e. The highest BCUT2D eigenvalue weighted by Gasteiger charge is 2.24. The molecular weight excluding hydrogens is 393 g/mol. The van der Waals surface area contributed by atoms with E-state index in [0.717, 1.165) is 0 Å². The van der Waals surface area contributed by atoms with Crippen LogP contribution in [0.4, 0.5) is 0 Å². The smallest absolute Gasteiger partial charge is 0.338 e. The van der Waals surface area contributed by atoms with Crippen LogP contribution in [0.15, 0.2) is 66.7 Å². The number of hydrogen-bond acceptors (Lipinski definition) is 4. The first-order valence-corrected chi connectivity index (χ1v) is 13.6. The van der Waals surface area contributed by atoms with Crippen LogP contribution in [0.2, 0.25) is 0 Å². The summed E-state index contributed by atoms with van der Waals surface area (Å²) in [5.74, 6) is 0. The maximum atomic E-state index is 6.22. The van der Waals surface area contributed by atoms with Gasteiger partial charge in [0, 0.05) is 5.19 Å². The molecular formula is C18H18O4Si4. The van der Waals surface area contributed by atoms with E-state index in [0.29, 0.717) is 0 Å². The Morgan fingerprint density at radius 1 is 0.577 bits per heavy atom. The van der Waals surface area contributed by atoms with Crippen molar-refractivity contribution in [1.82, 2.24) is 0 Å². The molecule has 0 aliphatic carbocycles. The van der Waals surface area contributed by atoms with Crippen LogP contribution in [-0.4, -0.2) is 39.3 Å². The van der Waals surface area contributed by atoms with Gasteiger partial charge in [-0.25, -0.2) is 0 Å². The molecule has 4 aromatic rings. The lowest BCUT2D eigenvalue weighted by Gasteiger charge is -2.23. The highest BCUT2D eigenvalue weighted by atomic mass is 28.4. The van der Waals surface area contributed by atoms with Gasteiger partial charge in [-0.3, -0.25) is 0 Å². The Hall–Kier alpha value is -1.63. The van der Waals surface area contributed by atoms with Gasteiger partial charge < -0.3 is 16.5 Å². The third kappa shape index (κ3) is 2.90. The average molecular weight is 411 g/mol. The van der Waals surface area contributed by atoms with Crippen LogP contribution in [0.25, 0.3) is 32.3 Å². The van der Waals surface area contributed by atoms with Gasteiger partial charge in [-0.15, -0.1) is 0 Å². The van der Waals surface area contributed by atoms with Gasteiger partial charge >= 0.3 is 9.28 Å². The Morgan fingerprint density at radius 3 is 2.08 bits per heavy atom. The summed E-state index contributed by atoms with van der Waals surface area (Å²) in [4.78, 5) is 0. The van der Waals surface area contributed by atoms with Crippen molar-refractivity contribution in [3.8, 4) is 0 Å². The van der Waals surface area contributed by atoms with E-state index in [1.807, 2.05) is 0 Å². The first kappa shape index (κ1) is 16.5. The van der Waals surface area contributed by atoms with Crippen LogP contribution < -0.4 is 5.19 Å². The highest BCUT2D eigenvalue weighted by Crippen LogP contribution is 2.29. The fraction of sp³-hybridized carbons (Fsp3) is 0. The first-order chi connectivity index (χ1) is 12.9. The lowest BCUT2D eigenvalue weighted by molar-refractivity contribution is 0.337. The Kier molecular flexibility index (Phi) is 4.56. The molecule has 0 unspecified atom stereocenters. The fourth-order valence-electron chi connectivity index (χ4n) is 3.67. The van der Waals surface area contributed by atoms with E-state index in [1.165, 1.54) is 37.5 Å². The van der Waals surface area contributed by atoms with Crippen LogP contribution in [0.1, 0.15) is 0 Å². The van der Waals surface area contributed by atoms with Gasteiger partial charge in [0.25, 0.3) is 30.0 Å². The summed E-state index contributed by atoms with van der Waals surface area (Å²) in [5.41, 5.74) is 0. The molecule has 130 valence electrons. The second-order valence-electron chi connectivity index (χ2n) is 6.32. The zero-order valence-electron chi connectivity index (χ0n) is 14.2. The van der Waals surface area contributed by atoms with Crippen LogP contribution in [0.3, 0.4) is 0 Å². The van der Waals surface area contributed by atoms with Crippen molar-refractivity contribution >= 4 is 76.8 Å². The third-order valence-corrected chi connectivity index (χ3v) is 12.1. The molecule has 0 spiro atoms. The Bertz CT molecular complexity index is 1100. The molecule has 0 aromatic heterocycles. The van der Waals surface area contributed by atoms with Crippen molar-refractivity contribution in [2.75, 3.05) is 0 Å². The molecule has 1 saturated heterocycles. The summed E-state index contributed by atoms with van der Waals surface area (Å²) in [6, 6.07) is 23.8. The summed E-state index contributed by atoms with van der Waals surface area (Å²) in [6.07, 6.45) is 0. The minimum Gasteiger partial charge on any atom is -0.425 e. The summed E-state index contributed by atoms with van der Waals surface area (Å²) in [6.45, 7) is 0. The molecule has 8 heteroatoms. The average Bonchev–Trinajstić information content (AvgIpc) is 2.66. The monoisotopic (exact) mass is 410 g/mol. The predicted molar refractivity (Wildman–Crippen MR) is 116 cm³/mol. The van der Waals surface area contributed by atoms with Crippen LogP contribution >= 0.6 is 0 Å². The van der Waals surface area contributed by atoms with Crippen molar-refractivity contribution in [2.24, 2.45) is 0 Å². The minimum absolute atomic E-state index is 0.865. The second-order valence-corrected chi connectivity index (χ2v) is 14.2. The van der Waals surface area contributed by atoms with Gasteiger partial charge in [0.15, 0.2) is 0 Å². The van der Waals surface area contributed by atoms with Crippen molar-refractivity contribution in [2.45, 2.75) is 0 Å². The number of rotatable bonds is 1. The number of benzene rings is 4. The minimum atomic E-state index is -2.04. The van der Waals surface area contributed by atoms with E-state index in [1.54, 1.807) is 0 Å². The maximum absolute atomic E-state index is 6.22. The summed E-state index contributed by atoms with van der Waals surface area (Å²) in [5, 5.41) is 8.72. The molecule has 4 aromatic carbocycles. The molecule has 4 nitrogen and oxygen atoms in total. The van der Waals surface area contributed by atoms with E-state index in [-0.39, 0.29) is 0 Å². The van der Waals surface area contributed by atoms with Gasteiger partial charge in [0.05, 0.1) is 0 Å². The lowest BCUT2D eigenvalue weighted by Crippen LogP contribution is -2.43. The molecule has 1 aliphatic rings. The summed E-state index contributed by atoms with van der Waals surface area (Å²) in [7, 11) is -4.94. The van der Waals surface area contributed by atoms with E-state index in [4.69, 9.17) is 16.5 Å². The van der Waals surface area contributed by atoms with Crippen molar-refractivity contribution in [3.63, 3.8) is 0 Å². The zero-order chi connectivity index (χ0) is 17.3. The topological polar surface area (TPSA) is 36.9 Å². The van der Waals surface area contributed by atoms with Gasteiger partial charge in [0.1, 0.15) is 0 Å². The molecule has 1 heterocycles. The molecule has 0 atom stereocenters. The first-order valence-electron chi connectivity index (χ1n) is 8.63. The molecule has 5 rings (SSSR count). The van der Waals surface area contributed by atoms with Crippen LogP contribution in [0.5, 0.6) is 0 Å². The lowest BCUT2D eigenvalue weighted by atomic mass is 9.98. The van der Waals surface area contributed by atoms with E-state index in [2.05, 4.69) is 66.7 Å². The molecule has 0 N–H and O–H groups in total. The molecule has 0 saturated carbocycles. The van der Waals surface area contributed by atoms with Crippen molar-refractivity contribution < 1.29 is 16.5 Å². The van der Waals surface area contributed by atoms with Gasteiger partial charge in [-0.2, -0.15) is 0 Å². The number of fused-ring (bicyclic) bond motifs is 4. The molecule has 1 fully saturated rings. The predicted octanol–water partition coefficient (Wildman–Crippen LogP) is 0.650. The highest BCUT2D eigenvalue weighted by molar-refractivity contribution is 6.74. The normalized spacial score (nSPS) is 21.6. The molecule has 0 bridgehead atoms. The second kappa shape index (κ2) is 7.17. The zero-order valence-corrected chi connectivity index (χ0v) is 19.6. The SMILES string of the molecule is c1ccc2c([SiH]3O[SiH2]O[SiH2]O[SiH2]O3)c3ccc4ccccc4c3cc2c1. The van der Waals surface area contributed by atoms with Crippen LogP contribution in [-0.2, 0) is 16.5 Å². The Labute approximate surface area is 160 Å². The largest absolute Gasteiger partial charge is 0.425 e. The van der Waals surface area contributed by atoms with Crippen molar-refractivity contribution in [3.05, 3.63) is 66.7 Å². The number of hydrogen-bond donors (Lipinski definition) is 0. The summed E-state index contributed by atoms with van der Waals surface area (Å²) >= 11 is 0. The Balaban J connectivity index is 1.84. The summed E-state index contributed by atoms with van der Waals surface area (Å²) < 4.78 is 23.7. The van der Waals surface area contributed by atoms with Crippen LogP contribution in [0, 0.1) is 0 Å². The van der Waals surface area contributed by atoms with Gasteiger partial charge in [0.2, 0.25) is 0 Å². The van der Waals surface area contributed by atoms with Gasteiger partial charge in [-0.05, 0) is 38.4 Å². The third-order valence-electron chi connectivity index (χ3n) is 4.82. The van der Waals surface area contributed by atoms with E-state index in [9.17, 15) is 0 Å². The van der Waals surface area contributed by atoms with Gasteiger partial charge in [-0.1, -0.05) is 60.7 Å². The van der Waals surface area contributed by atoms with Crippen molar-refractivity contribution in [1.29, 1.82) is 0 Å². The molecule has 0 amide bonds. The Morgan fingerprint density at radius 2 is 1.27 bits per heavy atom. The fourth-order valence-corrected chi connectivity index (χ4v) is 12.8. The molecule has 0 radical (unpaired) electrons. The standard InChI is InChI=1S/C18H18O4Si4/c1-3-7-14-12(5-1)9-10-16-17(14)11-13-6-2-4-8-15(13)18(16)26-21-24-19-23-20-25-22-26/h1-11,26H,23-25H2. The molecule has 1 aliphatic heterocycles. The molecule has 26 heavy (non-hydrogen) atoms. The van der Waals surface area contributed by atoms with E-state index >= 15 is 0 Å². The quantitative estimate of drug-likeness (QED) is 0.262. The van der Waals surface area contributed by atoms with E-state index < -0.39 is 39.3 Å².